The first kappa shape index (κ1) is 15.3. The van der Waals surface area contributed by atoms with Crippen molar-refractivity contribution in [1.82, 2.24) is 4.57 Å². The number of nitrogens with two attached hydrogens (primary N) is 1. The normalized spacial score (nSPS) is 10.0. The van der Waals surface area contributed by atoms with Crippen molar-refractivity contribution in [2.24, 2.45) is 7.05 Å². The second-order valence-corrected chi connectivity index (χ2v) is 4.34. The minimum absolute atomic E-state index is 0. The number of benzene rings is 1. The van der Waals surface area contributed by atoms with E-state index in [1.54, 1.807) is 12.1 Å². The largest absolute Gasteiger partial charge is 1.00 e. The molecule has 0 spiro atoms. The maximum atomic E-state index is 13.5. The molecule has 2 aromatic rings. The second kappa shape index (κ2) is 6.99. The molecule has 0 fully saturated rings. The third kappa shape index (κ3) is 4.44. The van der Waals surface area contributed by atoms with Gasteiger partial charge < -0.3 is 23.5 Å². The van der Waals surface area contributed by atoms with Crippen LogP contribution in [0.4, 0.5) is 15.8 Å². The minimum Gasteiger partial charge on any atom is -1.00 e. The Hall–Kier alpha value is -1.75. The van der Waals surface area contributed by atoms with Gasteiger partial charge in [0.05, 0.1) is 19.3 Å². The molecular formula is C13H18ClFN4. The second-order valence-electron chi connectivity index (χ2n) is 4.34. The summed E-state index contributed by atoms with van der Waals surface area (Å²) in [5, 5.41) is 3.07. The van der Waals surface area contributed by atoms with Crippen LogP contribution < -0.4 is 28.0 Å². The predicted molar refractivity (Wildman–Crippen MR) is 69.5 cm³/mol. The van der Waals surface area contributed by atoms with Crippen LogP contribution in [0.15, 0.2) is 36.9 Å². The van der Waals surface area contributed by atoms with Gasteiger partial charge in [0.25, 0.3) is 0 Å². The van der Waals surface area contributed by atoms with Crippen LogP contribution in [0.25, 0.3) is 0 Å². The molecule has 0 saturated heterocycles. The molecule has 1 aromatic heterocycles. The molecule has 6 heteroatoms. The fourth-order valence-corrected chi connectivity index (χ4v) is 1.79. The lowest BCUT2D eigenvalue weighted by Crippen LogP contribution is -3.00. The van der Waals surface area contributed by atoms with Crippen LogP contribution in [-0.2, 0) is 13.6 Å². The molecule has 3 N–H and O–H groups in total. The summed E-state index contributed by atoms with van der Waals surface area (Å²) in [5.41, 5.74) is 6.43. The quantitative estimate of drug-likeness (QED) is 0.401. The maximum absolute atomic E-state index is 13.5. The molecule has 104 valence electrons. The smallest absolute Gasteiger partial charge is 0.243 e. The van der Waals surface area contributed by atoms with Gasteiger partial charge in [0.15, 0.2) is 0 Å². The van der Waals surface area contributed by atoms with Gasteiger partial charge in [-0.1, -0.05) is 0 Å². The van der Waals surface area contributed by atoms with Crippen molar-refractivity contribution in [3.63, 3.8) is 0 Å². The number of imidazole rings is 1. The Balaban J connectivity index is 0.00000180. The molecule has 0 aliphatic carbocycles. The van der Waals surface area contributed by atoms with E-state index in [0.29, 0.717) is 11.4 Å². The van der Waals surface area contributed by atoms with Gasteiger partial charge in [0.1, 0.15) is 18.2 Å². The summed E-state index contributed by atoms with van der Waals surface area (Å²) in [7, 11) is 1.98. The molecule has 4 nitrogen and oxygen atoms in total. The summed E-state index contributed by atoms with van der Waals surface area (Å²) in [6, 6.07) is 4.69. The van der Waals surface area contributed by atoms with Crippen molar-refractivity contribution < 1.29 is 21.4 Å². The highest BCUT2D eigenvalue weighted by molar-refractivity contribution is 5.52. The fourth-order valence-electron chi connectivity index (χ4n) is 1.79. The molecule has 0 amide bonds. The molecule has 2 rings (SSSR count). The van der Waals surface area contributed by atoms with Gasteiger partial charge in [-0.05, 0) is 18.2 Å². The summed E-state index contributed by atoms with van der Waals surface area (Å²) in [6.07, 6.45) is 6.96. The highest BCUT2D eigenvalue weighted by Crippen LogP contribution is 2.16. The van der Waals surface area contributed by atoms with E-state index in [4.69, 9.17) is 5.73 Å². The van der Waals surface area contributed by atoms with Crippen molar-refractivity contribution in [2.45, 2.75) is 13.0 Å². The zero-order valence-corrected chi connectivity index (χ0v) is 11.6. The zero-order chi connectivity index (χ0) is 13.0. The Bertz CT molecular complexity index is 527. The van der Waals surface area contributed by atoms with Gasteiger partial charge in [-0.25, -0.2) is 13.5 Å². The first-order chi connectivity index (χ1) is 8.65. The van der Waals surface area contributed by atoms with E-state index in [2.05, 4.69) is 9.88 Å². The summed E-state index contributed by atoms with van der Waals surface area (Å²) < 4.78 is 17.5. The van der Waals surface area contributed by atoms with Crippen LogP contribution in [0, 0.1) is 5.82 Å². The summed E-state index contributed by atoms with van der Waals surface area (Å²) in [5.74, 6) is -0.303. The number of rotatable bonds is 5. The highest BCUT2D eigenvalue weighted by atomic mass is 35.5. The Labute approximate surface area is 118 Å². The third-order valence-corrected chi connectivity index (χ3v) is 2.73. The average Bonchev–Trinajstić information content (AvgIpc) is 2.73. The van der Waals surface area contributed by atoms with Crippen molar-refractivity contribution >= 4 is 11.4 Å². The molecule has 0 aliphatic rings. The topological polar surface area (TPSA) is 46.9 Å². The molecular weight excluding hydrogens is 267 g/mol. The van der Waals surface area contributed by atoms with Gasteiger partial charge in [-0.15, -0.1) is 0 Å². The Kier molecular flexibility index (Phi) is 5.63. The van der Waals surface area contributed by atoms with Gasteiger partial charge >= 0.3 is 0 Å². The molecule has 0 radical (unpaired) electrons. The summed E-state index contributed by atoms with van der Waals surface area (Å²) in [4.78, 5) is 0. The van der Waals surface area contributed by atoms with Crippen LogP contribution in [0.2, 0.25) is 0 Å². The summed E-state index contributed by atoms with van der Waals surface area (Å²) >= 11 is 0. The van der Waals surface area contributed by atoms with E-state index < -0.39 is 0 Å². The number of hydrogen-bond acceptors (Lipinski definition) is 2. The van der Waals surface area contributed by atoms with Crippen LogP contribution in [-0.4, -0.2) is 11.1 Å². The van der Waals surface area contributed by atoms with Gasteiger partial charge in [-0.2, -0.15) is 0 Å². The molecule has 0 aliphatic heterocycles. The number of nitrogens with one attached hydrogen (secondary N) is 1. The van der Waals surface area contributed by atoms with E-state index in [1.807, 2.05) is 30.3 Å². The van der Waals surface area contributed by atoms with E-state index >= 15 is 0 Å². The first-order valence-corrected chi connectivity index (χ1v) is 5.95. The standard InChI is InChI=1S/C13H18FN4.ClH/c1-17-7-8-18(10-17)6-2-5-16-13-4-3-11(15)9-12(13)14;/h3-4,7-10,16H,2,5-6,15H2,1H3;1H/q+1;/p-1. The SMILES string of the molecule is C[n+]1ccn(CCCNc2ccc(N)cc2F)c1.[Cl-]. The van der Waals surface area contributed by atoms with Gasteiger partial charge in [0.2, 0.25) is 6.33 Å². The number of nitrogen functional groups attached to an aromatic ring is 1. The molecule has 0 saturated carbocycles. The van der Waals surface area contributed by atoms with Crippen LogP contribution in [0.3, 0.4) is 0 Å². The van der Waals surface area contributed by atoms with Crippen molar-refractivity contribution in [3.8, 4) is 0 Å². The lowest BCUT2D eigenvalue weighted by Gasteiger charge is -2.07. The molecule has 0 atom stereocenters. The van der Waals surface area contributed by atoms with Crippen molar-refractivity contribution in [1.29, 1.82) is 0 Å². The zero-order valence-electron chi connectivity index (χ0n) is 10.8. The van der Waals surface area contributed by atoms with Crippen LogP contribution in [0.1, 0.15) is 6.42 Å². The third-order valence-electron chi connectivity index (χ3n) is 2.73. The molecule has 0 bridgehead atoms. The Morgan fingerprint density at radius 2 is 2.21 bits per heavy atom. The van der Waals surface area contributed by atoms with E-state index in [0.717, 1.165) is 19.5 Å². The number of hydrogen-bond donors (Lipinski definition) is 2. The minimum atomic E-state index is -0.303. The van der Waals surface area contributed by atoms with Gasteiger partial charge in [-0.3, -0.25) is 0 Å². The number of anilines is 2. The number of nitrogens with zero attached hydrogens (tertiary/aromatic N) is 2. The van der Waals surface area contributed by atoms with Crippen LogP contribution >= 0.6 is 0 Å². The molecule has 19 heavy (non-hydrogen) atoms. The maximum Gasteiger partial charge on any atom is 0.243 e. The fraction of sp³-hybridized carbons (Fsp3) is 0.308. The lowest BCUT2D eigenvalue weighted by molar-refractivity contribution is -0.671. The molecule has 1 aromatic carbocycles. The lowest BCUT2D eigenvalue weighted by atomic mass is 10.2. The summed E-state index contributed by atoms with van der Waals surface area (Å²) in [6.45, 7) is 1.63. The Morgan fingerprint density at radius 1 is 1.42 bits per heavy atom. The number of halogens is 2. The van der Waals surface area contributed by atoms with Crippen molar-refractivity contribution in [2.75, 3.05) is 17.6 Å². The Morgan fingerprint density at radius 3 is 2.84 bits per heavy atom. The highest BCUT2D eigenvalue weighted by Gasteiger charge is 2.02. The number of aryl methyl sites for hydroxylation is 2. The monoisotopic (exact) mass is 284 g/mol. The van der Waals surface area contributed by atoms with Crippen molar-refractivity contribution in [3.05, 3.63) is 42.7 Å². The van der Waals surface area contributed by atoms with Gasteiger partial charge in [0, 0.05) is 18.7 Å². The van der Waals surface area contributed by atoms with E-state index in [9.17, 15) is 4.39 Å². The van der Waals surface area contributed by atoms with Crippen LogP contribution in [0.5, 0.6) is 0 Å². The van der Waals surface area contributed by atoms with E-state index in [1.165, 1.54) is 6.07 Å². The predicted octanol–water partition coefficient (Wildman–Crippen LogP) is -1.46. The first-order valence-electron chi connectivity index (χ1n) is 5.95. The molecule has 1 heterocycles. The number of aromatic nitrogens is 2. The average molecular weight is 285 g/mol. The molecule has 0 unspecified atom stereocenters. The van der Waals surface area contributed by atoms with E-state index in [-0.39, 0.29) is 18.2 Å².